The van der Waals surface area contributed by atoms with Gasteiger partial charge in [-0.15, -0.1) is 24.8 Å². The summed E-state index contributed by atoms with van der Waals surface area (Å²) in [6.07, 6.45) is 1.14. The predicted octanol–water partition coefficient (Wildman–Crippen LogP) is 2.59. The average Bonchev–Trinajstić information content (AvgIpc) is 2.38. The second-order valence-electron chi connectivity index (χ2n) is 4.51. The summed E-state index contributed by atoms with van der Waals surface area (Å²) in [5, 5.41) is 3.42. The molecule has 20 heavy (non-hydrogen) atoms. The Bertz CT molecular complexity index is 363. The fraction of sp³-hybridized carbons (Fsp3) is 0.571. The number of nitrogens with one attached hydrogen (secondary N) is 1. The van der Waals surface area contributed by atoms with Crippen LogP contribution in [0.25, 0.3) is 0 Å². The zero-order valence-electron chi connectivity index (χ0n) is 12.6. The Hall–Kier alpha value is -0.680. The van der Waals surface area contributed by atoms with Gasteiger partial charge in [0.25, 0.3) is 0 Å². The molecule has 4 nitrogen and oxygen atoms in total. The van der Waals surface area contributed by atoms with E-state index >= 15 is 0 Å². The summed E-state index contributed by atoms with van der Waals surface area (Å²) >= 11 is 0. The number of ether oxygens (including phenoxy) is 2. The molecule has 118 valence electrons. The van der Waals surface area contributed by atoms with Gasteiger partial charge in [0.15, 0.2) is 0 Å². The van der Waals surface area contributed by atoms with Crippen molar-refractivity contribution in [2.75, 3.05) is 41.4 Å². The maximum absolute atomic E-state index is 5.35. The first kappa shape index (κ1) is 21.6. The van der Waals surface area contributed by atoms with E-state index in [1.807, 2.05) is 18.2 Å². The average molecular weight is 325 g/mol. The third-order valence-corrected chi connectivity index (χ3v) is 2.77. The molecule has 0 aliphatic carbocycles. The minimum atomic E-state index is 0. The smallest absolute Gasteiger partial charge is 0.127 e. The Kier molecular flexibility index (Phi) is 13.1. The quantitative estimate of drug-likeness (QED) is 0.745. The van der Waals surface area contributed by atoms with E-state index in [0.29, 0.717) is 0 Å². The molecule has 0 aromatic heterocycles. The lowest BCUT2D eigenvalue weighted by atomic mass is 10.2. The molecule has 0 heterocycles. The first-order valence-corrected chi connectivity index (χ1v) is 6.23. The Morgan fingerprint density at radius 1 is 1.10 bits per heavy atom. The van der Waals surface area contributed by atoms with Crippen molar-refractivity contribution in [3.8, 4) is 11.5 Å². The van der Waals surface area contributed by atoms with Gasteiger partial charge in [0, 0.05) is 18.2 Å². The number of rotatable bonds is 8. The summed E-state index contributed by atoms with van der Waals surface area (Å²) in [5.41, 5.74) is 1.16. The van der Waals surface area contributed by atoms with Gasteiger partial charge in [-0.3, -0.25) is 0 Å². The van der Waals surface area contributed by atoms with Crippen molar-refractivity contribution in [1.82, 2.24) is 10.2 Å². The van der Waals surface area contributed by atoms with E-state index in [2.05, 4.69) is 24.3 Å². The molecule has 0 spiro atoms. The highest BCUT2D eigenvalue weighted by atomic mass is 35.5. The van der Waals surface area contributed by atoms with Crippen LogP contribution in [0.4, 0.5) is 0 Å². The van der Waals surface area contributed by atoms with Crippen LogP contribution >= 0.6 is 24.8 Å². The zero-order valence-corrected chi connectivity index (χ0v) is 14.3. The van der Waals surface area contributed by atoms with Gasteiger partial charge in [0.1, 0.15) is 11.5 Å². The number of hydrogen-bond acceptors (Lipinski definition) is 4. The SMILES string of the molecule is COc1ccc(CNCCCN(C)C)c(OC)c1.Cl.Cl. The second-order valence-corrected chi connectivity index (χ2v) is 4.51. The minimum absolute atomic E-state index is 0. The molecular weight excluding hydrogens is 299 g/mol. The summed E-state index contributed by atoms with van der Waals surface area (Å²) in [4.78, 5) is 2.19. The molecule has 0 radical (unpaired) electrons. The molecule has 1 aromatic carbocycles. The van der Waals surface area contributed by atoms with Crippen molar-refractivity contribution in [1.29, 1.82) is 0 Å². The van der Waals surface area contributed by atoms with Gasteiger partial charge in [-0.2, -0.15) is 0 Å². The van der Waals surface area contributed by atoms with E-state index in [4.69, 9.17) is 9.47 Å². The maximum atomic E-state index is 5.35. The third kappa shape index (κ3) is 7.80. The number of benzene rings is 1. The Balaban J connectivity index is 0. The molecule has 1 rings (SSSR count). The van der Waals surface area contributed by atoms with E-state index in [-0.39, 0.29) is 24.8 Å². The molecule has 0 bridgehead atoms. The van der Waals surface area contributed by atoms with Gasteiger partial charge < -0.3 is 19.7 Å². The molecule has 0 unspecified atom stereocenters. The van der Waals surface area contributed by atoms with Crippen LogP contribution in [0.15, 0.2) is 18.2 Å². The predicted molar refractivity (Wildman–Crippen MR) is 88.9 cm³/mol. The lowest BCUT2D eigenvalue weighted by molar-refractivity contribution is 0.385. The molecule has 6 heteroatoms. The molecule has 1 aromatic rings. The van der Waals surface area contributed by atoms with Crippen molar-refractivity contribution in [2.45, 2.75) is 13.0 Å². The molecule has 0 fully saturated rings. The Labute approximate surface area is 134 Å². The van der Waals surface area contributed by atoms with Crippen molar-refractivity contribution in [3.63, 3.8) is 0 Å². The second kappa shape index (κ2) is 12.1. The summed E-state index contributed by atoms with van der Waals surface area (Å²) in [5.74, 6) is 1.69. The number of nitrogens with zero attached hydrogens (tertiary/aromatic N) is 1. The highest BCUT2D eigenvalue weighted by Crippen LogP contribution is 2.24. The summed E-state index contributed by atoms with van der Waals surface area (Å²) in [6, 6.07) is 5.91. The molecule has 0 saturated carbocycles. The lowest BCUT2D eigenvalue weighted by Crippen LogP contribution is -2.21. The zero-order chi connectivity index (χ0) is 13.4. The van der Waals surface area contributed by atoms with E-state index in [1.54, 1.807) is 14.2 Å². The first-order chi connectivity index (χ1) is 8.67. The third-order valence-electron chi connectivity index (χ3n) is 2.77. The van der Waals surface area contributed by atoms with Gasteiger partial charge in [-0.05, 0) is 39.7 Å². The van der Waals surface area contributed by atoms with E-state index in [1.165, 1.54) is 0 Å². The lowest BCUT2D eigenvalue weighted by Gasteiger charge is -2.12. The highest BCUT2D eigenvalue weighted by molar-refractivity contribution is 5.85. The highest BCUT2D eigenvalue weighted by Gasteiger charge is 2.04. The van der Waals surface area contributed by atoms with Crippen LogP contribution in [0.2, 0.25) is 0 Å². The van der Waals surface area contributed by atoms with Crippen LogP contribution in [0.3, 0.4) is 0 Å². The van der Waals surface area contributed by atoms with Crippen LogP contribution < -0.4 is 14.8 Å². The Morgan fingerprint density at radius 2 is 1.80 bits per heavy atom. The Morgan fingerprint density at radius 3 is 2.35 bits per heavy atom. The number of hydrogen-bond donors (Lipinski definition) is 1. The topological polar surface area (TPSA) is 33.7 Å². The number of halogens is 2. The molecule has 0 amide bonds. The van der Waals surface area contributed by atoms with Crippen molar-refractivity contribution < 1.29 is 9.47 Å². The molecular formula is C14H26Cl2N2O2. The standard InChI is InChI=1S/C14H24N2O2.2ClH/c1-16(2)9-5-8-15-11-12-6-7-13(17-3)10-14(12)18-4;;/h6-7,10,15H,5,8-9,11H2,1-4H3;2*1H. The normalized spacial score (nSPS) is 9.65. The van der Waals surface area contributed by atoms with Crippen molar-refractivity contribution >= 4 is 24.8 Å². The first-order valence-electron chi connectivity index (χ1n) is 6.23. The van der Waals surface area contributed by atoms with Gasteiger partial charge in [-0.1, -0.05) is 6.07 Å². The van der Waals surface area contributed by atoms with E-state index in [0.717, 1.165) is 43.1 Å². The van der Waals surface area contributed by atoms with Crippen LogP contribution in [0, 0.1) is 0 Å². The van der Waals surface area contributed by atoms with E-state index < -0.39 is 0 Å². The van der Waals surface area contributed by atoms with Crippen LogP contribution in [0.1, 0.15) is 12.0 Å². The van der Waals surface area contributed by atoms with Gasteiger partial charge in [0.05, 0.1) is 14.2 Å². The van der Waals surface area contributed by atoms with Crippen LogP contribution in [0.5, 0.6) is 11.5 Å². The minimum Gasteiger partial charge on any atom is -0.497 e. The largest absolute Gasteiger partial charge is 0.497 e. The van der Waals surface area contributed by atoms with Crippen LogP contribution in [-0.2, 0) is 6.54 Å². The molecule has 1 N–H and O–H groups in total. The fourth-order valence-electron chi connectivity index (χ4n) is 1.74. The van der Waals surface area contributed by atoms with E-state index in [9.17, 15) is 0 Å². The van der Waals surface area contributed by atoms with Gasteiger partial charge in [0.2, 0.25) is 0 Å². The monoisotopic (exact) mass is 324 g/mol. The fourth-order valence-corrected chi connectivity index (χ4v) is 1.74. The summed E-state index contributed by atoms with van der Waals surface area (Å²) in [6.45, 7) is 2.93. The van der Waals surface area contributed by atoms with Crippen molar-refractivity contribution in [3.05, 3.63) is 23.8 Å². The molecule has 0 atom stereocenters. The van der Waals surface area contributed by atoms with Crippen LogP contribution in [-0.4, -0.2) is 46.3 Å². The molecule has 0 aliphatic rings. The van der Waals surface area contributed by atoms with Crippen molar-refractivity contribution in [2.24, 2.45) is 0 Å². The van der Waals surface area contributed by atoms with Gasteiger partial charge in [-0.25, -0.2) is 0 Å². The maximum Gasteiger partial charge on any atom is 0.127 e. The molecule has 0 saturated heterocycles. The van der Waals surface area contributed by atoms with Gasteiger partial charge >= 0.3 is 0 Å². The summed E-state index contributed by atoms with van der Waals surface area (Å²) < 4.78 is 10.5. The number of methoxy groups -OCH3 is 2. The molecule has 0 aliphatic heterocycles. The summed E-state index contributed by atoms with van der Waals surface area (Å²) in [7, 11) is 7.53.